The van der Waals surface area contributed by atoms with Gasteiger partial charge in [-0.2, -0.15) is 27.1 Å². The van der Waals surface area contributed by atoms with Gasteiger partial charge in [-0.25, -0.2) is 17.9 Å². The Hall–Kier alpha value is -3.88. The highest BCUT2D eigenvalue weighted by Crippen LogP contribution is 2.51. The molecule has 0 atom stereocenters. The lowest BCUT2D eigenvalue weighted by Gasteiger charge is -2.23. The maximum atomic E-state index is 14.3. The van der Waals surface area contributed by atoms with E-state index in [2.05, 4.69) is 5.10 Å². The number of hydrogen-bond donors (Lipinski definition) is 1. The first-order valence-electron chi connectivity index (χ1n) is 11.4. The van der Waals surface area contributed by atoms with Crippen LogP contribution in [0.1, 0.15) is 5.56 Å². The van der Waals surface area contributed by atoms with Crippen molar-refractivity contribution in [3.05, 3.63) is 78.4 Å². The molecule has 0 unspecified atom stereocenters. The van der Waals surface area contributed by atoms with Crippen molar-refractivity contribution < 1.29 is 44.2 Å². The summed E-state index contributed by atoms with van der Waals surface area (Å²) in [6.07, 6.45) is -2.47. The van der Waals surface area contributed by atoms with E-state index in [1.165, 1.54) is 48.5 Å². The molecule has 0 aliphatic carbocycles. The molecule has 7 nitrogen and oxygen atoms in total. The zero-order valence-electron chi connectivity index (χ0n) is 20.6. The third-order valence-corrected chi connectivity index (χ3v) is 6.81. The summed E-state index contributed by atoms with van der Waals surface area (Å²) in [6, 6.07) is 9.44. The van der Waals surface area contributed by atoms with Gasteiger partial charge >= 0.3 is 12.8 Å². The molecule has 4 rings (SSSR count). The predicted octanol–water partition coefficient (Wildman–Crippen LogP) is 5.94. The van der Waals surface area contributed by atoms with E-state index in [1.807, 2.05) is 0 Å². The SMILES string of the molecule is COCCn1cc(-c2ccc(-c3cccc(F)c3)c(OC(F)F)c2-c2c(C(F)(F)F)cccc2S(N)(=O)=O)cn1. The molecule has 3 aromatic carbocycles. The molecule has 0 radical (unpaired) electrons. The highest BCUT2D eigenvalue weighted by atomic mass is 32.2. The molecule has 2 N–H and O–H groups in total. The number of nitrogens with two attached hydrogens (primary N) is 1. The van der Waals surface area contributed by atoms with E-state index in [0.717, 1.165) is 24.3 Å². The van der Waals surface area contributed by atoms with Crippen LogP contribution in [0.3, 0.4) is 0 Å². The van der Waals surface area contributed by atoms with Gasteiger partial charge in [0.05, 0.1) is 29.8 Å². The fraction of sp³-hybridized carbons (Fsp3) is 0.192. The molecule has 1 heterocycles. The number of alkyl halides is 5. The average molecular weight is 586 g/mol. The van der Waals surface area contributed by atoms with Gasteiger partial charge in [0, 0.05) is 35.6 Å². The summed E-state index contributed by atoms with van der Waals surface area (Å²) in [5.74, 6) is -1.57. The predicted molar refractivity (Wildman–Crippen MR) is 133 cm³/mol. The number of sulfonamides is 1. The van der Waals surface area contributed by atoms with Gasteiger partial charge in [-0.3, -0.25) is 4.68 Å². The molecule has 0 aliphatic heterocycles. The van der Waals surface area contributed by atoms with E-state index in [9.17, 15) is 34.8 Å². The zero-order chi connectivity index (χ0) is 29.2. The lowest BCUT2D eigenvalue weighted by Crippen LogP contribution is -2.18. The smallest absolute Gasteiger partial charge is 0.417 e. The topological polar surface area (TPSA) is 96.4 Å². The molecule has 0 bridgehead atoms. The van der Waals surface area contributed by atoms with Crippen molar-refractivity contribution in [3.8, 4) is 39.1 Å². The van der Waals surface area contributed by atoms with Crippen LogP contribution in [-0.2, 0) is 27.5 Å². The van der Waals surface area contributed by atoms with Gasteiger partial charge in [0.2, 0.25) is 10.0 Å². The number of aromatic nitrogens is 2. The molecule has 0 amide bonds. The van der Waals surface area contributed by atoms with Crippen molar-refractivity contribution in [2.45, 2.75) is 24.2 Å². The summed E-state index contributed by atoms with van der Waals surface area (Å²) in [5.41, 5.74) is -3.34. The van der Waals surface area contributed by atoms with Gasteiger partial charge in [-0.05, 0) is 41.5 Å². The van der Waals surface area contributed by atoms with Crippen molar-refractivity contribution in [1.82, 2.24) is 9.78 Å². The number of halogens is 6. The molecular formula is C26H21F6N3O4S. The van der Waals surface area contributed by atoms with Crippen LogP contribution < -0.4 is 9.88 Å². The summed E-state index contributed by atoms with van der Waals surface area (Å²) in [7, 11) is -3.39. The largest absolute Gasteiger partial charge is 0.433 e. The number of rotatable bonds is 9. The van der Waals surface area contributed by atoms with Gasteiger partial charge in [-0.15, -0.1) is 0 Å². The number of hydrogen-bond acceptors (Lipinski definition) is 5. The lowest BCUT2D eigenvalue weighted by molar-refractivity contribution is -0.137. The third-order valence-electron chi connectivity index (χ3n) is 5.86. The highest BCUT2D eigenvalue weighted by Gasteiger charge is 2.38. The molecule has 1 aromatic heterocycles. The fourth-order valence-electron chi connectivity index (χ4n) is 4.24. The van der Waals surface area contributed by atoms with Crippen molar-refractivity contribution in [2.75, 3.05) is 13.7 Å². The second-order valence-corrected chi connectivity index (χ2v) is 9.99. The average Bonchev–Trinajstić information content (AvgIpc) is 3.34. The van der Waals surface area contributed by atoms with Gasteiger partial charge < -0.3 is 9.47 Å². The molecule has 0 saturated heterocycles. The van der Waals surface area contributed by atoms with E-state index in [0.29, 0.717) is 6.07 Å². The van der Waals surface area contributed by atoms with Gasteiger partial charge in [0.1, 0.15) is 11.6 Å². The molecule has 212 valence electrons. The van der Waals surface area contributed by atoms with Gasteiger partial charge in [-0.1, -0.05) is 24.3 Å². The molecule has 40 heavy (non-hydrogen) atoms. The van der Waals surface area contributed by atoms with E-state index in [4.69, 9.17) is 14.6 Å². The Balaban J connectivity index is 2.20. The lowest BCUT2D eigenvalue weighted by atomic mass is 9.88. The molecule has 0 spiro atoms. The Kier molecular flexibility index (Phi) is 8.23. The molecule has 0 aliphatic rings. The zero-order valence-corrected chi connectivity index (χ0v) is 21.4. The quantitative estimate of drug-likeness (QED) is 0.246. The van der Waals surface area contributed by atoms with E-state index in [-0.39, 0.29) is 35.4 Å². The first kappa shape index (κ1) is 29.1. The van der Waals surface area contributed by atoms with Gasteiger partial charge in [0.25, 0.3) is 0 Å². The maximum absolute atomic E-state index is 14.3. The molecule has 4 aromatic rings. The number of nitrogens with zero attached hydrogens (tertiary/aromatic N) is 2. The third kappa shape index (κ3) is 6.13. The van der Waals surface area contributed by atoms with Crippen LogP contribution in [0.5, 0.6) is 5.75 Å². The summed E-state index contributed by atoms with van der Waals surface area (Å²) in [6.45, 7) is -3.07. The number of methoxy groups -OCH3 is 1. The van der Waals surface area contributed by atoms with Crippen LogP contribution in [0.25, 0.3) is 33.4 Å². The summed E-state index contributed by atoms with van der Waals surface area (Å²) in [5, 5.41) is 9.43. The molecular weight excluding hydrogens is 564 g/mol. The molecule has 0 saturated carbocycles. The van der Waals surface area contributed by atoms with Crippen LogP contribution >= 0.6 is 0 Å². The van der Waals surface area contributed by atoms with Crippen LogP contribution in [0.2, 0.25) is 0 Å². The minimum absolute atomic E-state index is 0.0131. The first-order chi connectivity index (χ1) is 18.8. The Labute approximate surface area is 224 Å². The number of primary sulfonamides is 1. The summed E-state index contributed by atoms with van der Waals surface area (Å²) in [4.78, 5) is -0.981. The first-order valence-corrected chi connectivity index (χ1v) is 13.0. The Bertz CT molecular complexity index is 1640. The summed E-state index contributed by atoms with van der Waals surface area (Å²) < 4.78 is 121. The second-order valence-electron chi connectivity index (χ2n) is 8.46. The molecule has 14 heteroatoms. The Morgan fingerprint density at radius 1 is 1.00 bits per heavy atom. The standard InChI is InChI=1S/C26H21F6N3O4S/c1-38-11-10-35-14-16(13-34-35)18-8-9-19(15-4-2-5-17(27)12-15)24(39-25(28)29)22(18)23-20(26(30,31)32)6-3-7-21(23)40(33,36)37/h2-9,12-14,25H,10-11H2,1H3,(H2,33,36,37). The van der Waals surface area contributed by atoms with Crippen molar-refractivity contribution in [3.63, 3.8) is 0 Å². The molecule has 0 fully saturated rings. The fourth-order valence-corrected chi connectivity index (χ4v) is 5.00. The number of benzene rings is 3. The Morgan fingerprint density at radius 2 is 1.70 bits per heavy atom. The van der Waals surface area contributed by atoms with Crippen molar-refractivity contribution in [2.24, 2.45) is 5.14 Å². The van der Waals surface area contributed by atoms with Crippen LogP contribution in [0, 0.1) is 5.82 Å². The van der Waals surface area contributed by atoms with Gasteiger partial charge in [0.15, 0.2) is 0 Å². The normalized spacial score (nSPS) is 12.2. The minimum atomic E-state index is -5.15. The summed E-state index contributed by atoms with van der Waals surface area (Å²) >= 11 is 0. The van der Waals surface area contributed by atoms with Crippen LogP contribution in [-0.4, -0.2) is 38.5 Å². The van der Waals surface area contributed by atoms with Crippen molar-refractivity contribution in [1.29, 1.82) is 0 Å². The Morgan fingerprint density at radius 3 is 2.33 bits per heavy atom. The minimum Gasteiger partial charge on any atom is -0.433 e. The van der Waals surface area contributed by atoms with Crippen molar-refractivity contribution >= 4 is 10.0 Å². The van der Waals surface area contributed by atoms with Crippen LogP contribution in [0.15, 0.2) is 71.9 Å². The second kappa shape index (κ2) is 11.3. The van der Waals surface area contributed by atoms with Crippen LogP contribution in [0.4, 0.5) is 26.3 Å². The number of ether oxygens (including phenoxy) is 2. The monoisotopic (exact) mass is 585 g/mol. The van der Waals surface area contributed by atoms with E-state index >= 15 is 0 Å². The highest BCUT2D eigenvalue weighted by molar-refractivity contribution is 7.89. The van der Waals surface area contributed by atoms with E-state index < -0.39 is 56.0 Å². The maximum Gasteiger partial charge on any atom is 0.417 e. The van der Waals surface area contributed by atoms with E-state index in [1.54, 1.807) is 0 Å².